The molecule has 0 aliphatic heterocycles. The number of carboxylic acid groups (broad SMARTS) is 1. The number of hydrogen-bond donors (Lipinski definition) is 2. The van der Waals surface area contributed by atoms with E-state index in [1.807, 2.05) is 27.7 Å². The van der Waals surface area contributed by atoms with E-state index in [0.717, 1.165) is 0 Å². The van der Waals surface area contributed by atoms with Crippen molar-refractivity contribution in [3.63, 3.8) is 0 Å². The van der Waals surface area contributed by atoms with Gasteiger partial charge in [-0.15, -0.1) is 0 Å². The molecule has 21 heavy (non-hydrogen) atoms. The van der Waals surface area contributed by atoms with E-state index < -0.39 is 5.97 Å². The second kappa shape index (κ2) is 5.09. The van der Waals surface area contributed by atoms with Crippen LogP contribution in [-0.4, -0.2) is 17.0 Å². The molecule has 0 radical (unpaired) electrons. The molecule has 4 nitrogen and oxygen atoms in total. The van der Waals surface area contributed by atoms with Crippen LogP contribution in [0.5, 0.6) is 0 Å². The highest BCUT2D eigenvalue weighted by Crippen LogP contribution is 2.68. The first kappa shape index (κ1) is 16.5. The largest absolute Gasteiger partial charge is 0.478 e. The van der Waals surface area contributed by atoms with Gasteiger partial charge in [-0.25, -0.2) is 4.79 Å². The van der Waals surface area contributed by atoms with Gasteiger partial charge in [0, 0.05) is 14.9 Å². The Balaban J connectivity index is 2.33. The standard InChI is InChI=1S/C15H17Br2NO3/c1-14(2)11(15(14,3)4)12(19)18-10-8(13(20)21)5-7(16)6-9(10)17/h5-6,11H,1-4H3,(H,18,19)(H,20,21). The average Bonchev–Trinajstić information content (AvgIpc) is 2.72. The summed E-state index contributed by atoms with van der Waals surface area (Å²) in [4.78, 5) is 23.8. The minimum atomic E-state index is -1.08. The molecule has 1 aromatic carbocycles. The van der Waals surface area contributed by atoms with Crippen molar-refractivity contribution in [3.05, 3.63) is 26.6 Å². The van der Waals surface area contributed by atoms with Gasteiger partial charge < -0.3 is 10.4 Å². The van der Waals surface area contributed by atoms with Crippen LogP contribution in [0.3, 0.4) is 0 Å². The van der Waals surface area contributed by atoms with E-state index in [-0.39, 0.29) is 28.2 Å². The number of aromatic carboxylic acids is 1. The zero-order valence-electron chi connectivity index (χ0n) is 12.3. The summed E-state index contributed by atoms with van der Waals surface area (Å²) in [7, 11) is 0. The van der Waals surface area contributed by atoms with Crippen LogP contribution in [0.4, 0.5) is 5.69 Å². The third-order valence-corrected chi connectivity index (χ3v) is 5.90. The Morgan fingerprint density at radius 3 is 2.10 bits per heavy atom. The number of nitrogens with one attached hydrogen (secondary N) is 1. The Kier molecular flexibility index (Phi) is 4.00. The topological polar surface area (TPSA) is 66.4 Å². The van der Waals surface area contributed by atoms with Gasteiger partial charge in [0.2, 0.25) is 5.91 Å². The summed E-state index contributed by atoms with van der Waals surface area (Å²) in [5.41, 5.74) is 0.167. The molecule has 1 aliphatic rings. The molecule has 0 unspecified atom stereocenters. The Hall–Kier alpha value is -0.880. The third-order valence-electron chi connectivity index (χ3n) is 4.82. The first-order valence-corrected chi connectivity index (χ1v) is 8.12. The van der Waals surface area contributed by atoms with Gasteiger partial charge in [0.05, 0.1) is 11.3 Å². The lowest BCUT2D eigenvalue weighted by Gasteiger charge is -2.12. The van der Waals surface area contributed by atoms with Gasteiger partial charge in [-0.3, -0.25) is 4.79 Å². The van der Waals surface area contributed by atoms with Crippen LogP contribution in [0.15, 0.2) is 21.1 Å². The van der Waals surface area contributed by atoms with Gasteiger partial charge in [0.15, 0.2) is 0 Å². The summed E-state index contributed by atoms with van der Waals surface area (Å²) >= 11 is 6.57. The molecule has 0 heterocycles. The van der Waals surface area contributed by atoms with Crippen molar-refractivity contribution in [3.8, 4) is 0 Å². The zero-order chi connectivity index (χ0) is 16.2. The molecule has 0 bridgehead atoms. The monoisotopic (exact) mass is 417 g/mol. The molecule has 114 valence electrons. The number of carbonyl (C=O) groups is 2. The van der Waals surface area contributed by atoms with E-state index in [9.17, 15) is 14.7 Å². The maximum atomic E-state index is 12.5. The Morgan fingerprint density at radius 1 is 1.14 bits per heavy atom. The number of benzene rings is 1. The summed E-state index contributed by atoms with van der Waals surface area (Å²) in [5, 5.41) is 12.1. The Labute approximate surface area is 140 Å². The highest BCUT2D eigenvalue weighted by atomic mass is 79.9. The summed E-state index contributed by atoms with van der Waals surface area (Å²) in [6.45, 7) is 8.19. The fourth-order valence-corrected chi connectivity index (χ4v) is 4.24. The zero-order valence-corrected chi connectivity index (χ0v) is 15.4. The molecule has 0 spiro atoms. The predicted octanol–water partition coefficient (Wildman–Crippen LogP) is 4.53. The number of carboxylic acids is 1. The number of halogens is 2. The van der Waals surface area contributed by atoms with E-state index in [0.29, 0.717) is 14.6 Å². The summed E-state index contributed by atoms with van der Waals surface area (Å²) < 4.78 is 1.18. The van der Waals surface area contributed by atoms with Crippen LogP contribution >= 0.6 is 31.9 Å². The van der Waals surface area contributed by atoms with E-state index in [1.54, 1.807) is 6.07 Å². The fraction of sp³-hybridized carbons (Fsp3) is 0.467. The number of rotatable bonds is 3. The molecule has 2 N–H and O–H groups in total. The minimum Gasteiger partial charge on any atom is -0.478 e. The third kappa shape index (κ3) is 2.63. The van der Waals surface area contributed by atoms with Crippen LogP contribution in [0.1, 0.15) is 38.1 Å². The van der Waals surface area contributed by atoms with E-state index in [4.69, 9.17) is 0 Å². The Morgan fingerprint density at radius 2 is 1.67 bits per heavy atom. The SMILES string of the molecule is CC1(C)C(C(=O)Nc2c(Br)cc(Br)cc2C(=O)O)C1(C)C. The van der Waals surface area contributed by atoms with Crippen molar-refractivity contribution < 1.29 is 14.7 Å². The highest BCUT2D eigenvalue weighted by Gasteiger charge is 2.68. The second-order valence-corrected chi connectivity index (χ2v) is 8.25. The molecule has 1 saturated carbocycles. The summed E-state index contributed by atoms with van der Waals surface area (Å²) in [5.74, 6) is -1.36. The molecule has 0 atom stereocenters. The van der Waals surface area contributed by atoms with Crippen molar-refractivity contribution in [1.29, 1.82) is 0 Å². The van der Waals surface area contributed by atoms with Crippen molar-refractivity contribution >= 4 is 49.4 Å². The first-order valence-electron chi connectivity index (χ1n) is 6.53. The predicted molar refractivity (Wildman–Crippen MR) is 88.5 cm³/mol. The lowest BCUT2D eigenvalue weighted by Crippen LogP contribution is -2.20. The van der Waals surface area contributed by atoms with E-state index in [2.05, 4.69) is 37.2 Å². The summed E-state index contributed by atoms with van der Waals surface area (Å²) in [6.07, 6.45) is 0. The van der Waals surface area contributed by atoms with Gasteiger partial charge in [-0.1, -0.05) is 43.6 Å². The van der Waals surface area contributed by atoms with Crippen LogP contribution in [-0.2, 0) is 4.79 Å². The van der Waals surface area contributed by atoms with Crippen LogP contribution < -0.4 is 5.32 Å². The smallest absolute Gasteiger partial charge is 0.337 e. The molecule has 1 amide bonds. The lowest BCUT2D eigenvalue weighted by molar-refractivity contribution is -0.118. The van der Waals surface area contributed by atoms with Crippen molar-refractivity contribution in [2.45, 2.75) is 27.7 Å². The average molecular weight is 419 g/mol. The first-order chi connectivity index (χ1) is 9.50. The van der Waals surface area contributed by atoms with Crippen molar-refractivity contribution in [2.24, 2.45) is 16.7 Å². The lowest BCUT2D eigenvalue weighted by atomic mass is 10.0. The molecule has 1 fully saturated rings. The quantitative estimate of drug-likeness (QED) is 0.757. The normalized spacial score (nSPS) is 19.1. The van der Waals surface area contributed by atoms with Crippen LogP contribution in [0, 0.1) is 16.7 Å². The van der Waals surface area contributed by atoms with E-state index >= 15 is 0 Å². The number of hydrogen-bond acceptors (Lipinski definition) is 2. The molecule has 1 aromatic rings. The Bertz CT molecular complexity index is 624. The van der Waals surface area contributed by atoms with Gasteiger partial charge in [-0.2, -0.15) is 0 Å². The van der Waals surface area contributed by atoms with Crippen molar-refractivity contribution in [1.82, 2.24) is 0 Å². The summed E-state index contributed by atoms with van der Waals surface area (Å²) in [6, 6.07) is 3.19. The maximum Gasteiger partial charge on any atom is 0.337 e. The minimum absolute atomic E-state index is 0.0564. The second-order valence-electron chi connectivity index (χ2n) is 6.48. The number of anilines is 1. The van der Waals surface area contributed by atoms with Crippen molar-refractivity contribution in [2.75, 3.05) is 5.32 Å². The van der Waals surface area contributed by atoms with Gasteiger partial charge in [-0.05, 0) is 38.9 Å². The molecule has 6 heteroatoms. The molecule has 2 rings (SSSR count). The maximum absolute atomic E-state index is 12.5. The number of carbonyl (C=O) groups excluding carboxylic acids is 1. The highest BCUT2D eigenvalue weighted by molar-refractivity contribution is 9.11. The van der Waals surface area contributed by atoms with Crippen LogP contribution in [0.25, 0.3) is 0 Å². The van der Waals surface area contributed by atoms with Gasteiger partial charge in [0.1, 0.15) is 0 Å². The molecule has 0 saturated heterocycles. The van der Waals surface area contributed by atoms with Gasteiger partial charge >= 0.3 is 5.97 Å². The fourth-order valence-electron chi connectivity index (χ4n) is 2.92. The van der Waals surface area contributed by atoms with Crippen LogP contribution in [0.2, 0.25) is 0 Å². The van der Waals surface area contributed by atoms with E-state index in [1.165, 1.54) is 6.07 Å². The molecule has 1 aliphatic carbocycles. The molecular formula is C15H17Br2NO3. The number of amides is 1. The molecule has 0 aromatic heterocycles. The molecular weight excluding hydrogens is 402 g/mol. The van der Waals surface area contributed by atoms with Gasteiger partial charge in [0.25, 0.3) is 0 Å².